The predicted octanol–water partition coefficient (Wildman–Crippen LogP) is 9.26. The summed E-state index contributed by atoms with van der Waals surface area (Å²) in [6, 6.07) is 8.80. The minimum absolute atomic E-state index is 0.0305. The van der Waals surface area contributed by atoms with Crippen LogP contribution in [0.5, 0.6) is 11.5 Å². The minimum Gasteiger partial charge on any atom is -0.481 e. The van der Waals surface area contributed by atoms with E-state index in [-0.39, 0.29) is 30.5 Å². The maximum absolute atomic E-state index is 14.6. The first kappa shape index (κ1) is 39.1. The molecule has 2 aromatic rings. The molecule has 8 heteroatoms. The van der Waals surface area contributed by atoms with E-state index in [2.05, 4.69) is 17.2 Å². The second kappa shape index (κ2) is 20.9. The van der Waals surface area contributed by atoms with Crippen LogP contribution in [0.15, 0.2) is 72.2 Å². The monoisotopic (exact) mass is 600 g/mol. The van der Waals surface area contributed by atoms with Gasteiger partial charge in [-0.1, -0.05) is 46.8 Å². The van der Waals surface area contributed by atoms with Crippen LogP contribution >= 0.6 is 0 Å². The molecule has 2 rings (SSSR count). The van der Waals surface area contributed by atoms with E-state index in [0.29, 0.717) is 35.4 Å². The summed E-state index contributed by atoms with van der Waals surface area (Å²) in [7, 11) is 0. The van der Waals surface area contributed by atoms with Crippen molar-refractivity contribution in [3.8, 4) is 11.5 Å². The second-order valence-electron chi connectivity index (χ2n) is 9.54. The van der Waals surface area contributed by atoms with Gasteiger partial charge in [0.2, 0.25) is 0 Å². The molecule has 238 valence electrons. The van der Waals surface area contributed by atoms with Gasteiger partial charge in [0.05, 0.1) is 17.6 Å². The first-order chi connectivity index (χ1) is 20.4. The number of amides is 1. The average molecular weight is 601 g/mol. The highest BCUT2D eigenvalue weighted by Crippen LogP contribution is 2.28. The van der Waals surface area contributed by atoms with E-state index in [0.717, 1.165) is 11.1 Å². The van der Waals surface area contributed by atoms with Crippen molar-refractivity contribution in [2.24, 2.45) is 0 Å². The van der Waals surface area contributed by atoms with E-state index >= 15 is 0 Å². The molecule has 2 atom stereocenters. The second-order valence-corrected chi connectivity index (χ2v) is 9.54. The first-order valence-electron chi connectivity index (χ1n) is 14.9. The third-order valence-corrected chi connectivity index (χ3v) is 6.30. The van der Waals surface area contributed by atoms with Crippen LogP contribution in [0, 0.1) is 12.7 Å². The van der Waals surface area contributed by atoms with Crippen LogP contribution in [-0.2, 0) is 16.0 Å². The van der Waals surface area contributed by atoms with Crippen molar-refractivity contribution < 1.29 is 28.2 Å². The molecule has 0 aliphatic carbocycles. The Morgan fingerprint density at radius 1 is 1.05 bits per heavy atom. The number of carboxylic acid groups (broad SMARTS) is 1. The van der Waals surface area contributed by atoms with Gasteiger partial charge in [-0.25, -0.2) is 8.78 Å². The van der Waals surface area contributed by atoms with Crippen molar-refractivity contribution in [2.75, 3.05) is 0 Å². The number of carbonyl (C=O) groups is 2. The van der Waals surface area contributed by atoms with Crippen LogP contribution in [0.25, 0.3) is 0 Å². The molecule has 43 heavy (non-hydrogen) atoms. The maximum atomic E-state index is 14.6. The minimum atomic E-state index is -0.866. The van der Waals surface area contributed by atoms with E-state index in [1.807, 2.05) is 41.5 Å². The maximum Gasteiger partial charge on any atom is 0.303 e. The summed E-state index contributed by atoms with van der Waals surface area (Å²) < 4.78 is 33.8. The molecule has 0 aliphatic heterocycles. The lowest BCUT2D eigenvalue weighted by Crippen LogP contribution is -2.38. The third-order valence-electron chi connectivity index (χ3n) is 6.30. The number of nitrogens with one attached hydrogen (secondary N) is 2. The van der Waals surface area contributed by atoms with Gasteiger partial charge in [-0.3, -0.25) is 9.59 Å². The van der Waals surface area contributed by atoms with Crippen LogP contribution in [0.2, 0.25) is 0 Å². The van der Waals surface area contributed by atoms with E-state index in [4.69, 9.17) is 9.84 Å². The van der Waals surface area contributed by atoms with Crippen molar-refractivity contribution in [3.63, 3.8) is 0 Å². The number of halogens is 2. The van der Waals surface area contributed by atoms with E-state index in [1.165, 1.54) is 25.1 Å². The number of aliphatic carboxylic acids is 1. The Balaban J connectivity index is 0.00000422. The van der Waals surface area contributed by atoms with Gasteiger partial charge in [0.15, 0.2) is 0 Å². The number of ether oxygens (including phenoxy) is 1. The van der Waals surface area contributed by atoms with Crippen molar-refractivity contribution in [1.82, 2.24) is 10.6 Å². The highest BCUT2D eigenvalue weighted by atomic mass is 19.1. The van der Waals surface area contributed by atoms with E-state index in [9.17, 15) is 18.4 Å². The van der Waals surface area contributed by atoms with Crippen molar-refractivity contribution in [3.05, 3.63) is 94.7 Å². The number of aryl methyl sites for hydroxylation is 2. The lowest BCUT2D eigenvalue weighted by Gasteiger charge is -2.22. The Bertz CT molecular complexity index is 1250. The summed E-state index contributed by atoms with van der Waals surface area (Å²) in [4.78, 5) is 24.1. The number of hydrogen-bond acceptors (Lipinski definition) is 4. The van der Waals surface area contributed by atoms with Gasteiger partial charge in [-0.05, 0) is 99.6 Å². The zero-order valence-corrected chi connectivity index (χ0v) is 27.2. The molecule has 3 N–H and O–H groups in total. The molecule has 2 unspecified atom stereocenters. The Morgan fingerprint density at radius 3 is 2.23 bits per heavy atom. The van der Waals surface area contributed by atoms with Gasteiger partial charge < -0.3 is 20.5 Å². The van der Waals surface area contributed by atoms with Gasteiger partial charge in [0.1, 0.15) is 17.3 Å². The van der Waals surface area contributed by atoms with Gasteiger partial charge in [0.25, 0.3) is 5.91 Å². The van der Waals surface area contributed by atoms with Crippen molar-refractivity contribution in [1.29, 1.82) is 0 Å². The smallest absolute Gasteiger partial charge is 0.303 e. The van der Waals surface area contributed by atoms with Gasteiger partial charge >= 0.3 is 5.97 Å². The Labute approximate surface area is 256 Å². The largest absolute Gasteiger partial charge is 0.481 e. The molecule has 0 spiro atoms. The number of hydrogen-bond donors (Lipinski definition) is 3. The van der Waals surface area contributed by atoms with E-state index < -0.39 is 23.7 Å². The van der Waals surface area contributed by atoms with Gasteiger partial charge in [0, 0.05) is 18.5 Å². The molecule has 0 saturated carbocycles. The van der Waals surface area contributed by atoms with Crippen LogP contribution in [0.1, 0.15) is 97.4 Å². The Morgan fingerprint density at radius 2 is 1.70 bits per heavy atom. The van der Waals surface area contributed by atoms with Gasteiger partial charge in [-0.2, -0.15) is 0 Å². The standard InChI is InChI=1S/C31H38F2N2O4.2C2H6/c1-7-26(8-2)35-30(19(3)9-10-21(5)32)31(38)34-22(6)24-16-25(33)18-28(17-24)39-27-13-11-23(20(4)15-27)12-14-29(36)37;2*1-2/h7,10-11,13,15-18,22,26,35H,1,8-9,12,14H2,2-6H3,(H,34,38)(H,36,37);2*1-2H3/b21-10+,30-19-;;. The summed E-state index contributed by atoms with van der Waals surface area (Å²) in [6.45, 7) is 20.5. The van der Waals surface area contributed by atoms with Crippen LogP contribution in [0.4, 0.5) is 8.78 Å². The lowest BCUT2D eigenvalue weighted by atomic mass is 10.0. The summed E-state index contributed by atoms with van der Waals surface area (Å²) in [5, 5.41) is 15.0. The Hall–Kier alpha value is -3.94. The topological polar surface area (TPSA) is 87.7 Å². The Kier molecular flexibility index (Phi) is 18.9. The highest BCUT2D eigenvalue weighted by molar-refractivity contribution is 5.94. The molecule has 0 heterocycles. The number of carbonyl (C=O) groups excluding carboxylic acids is 1. The summed E-state index contributed by atoms with van der Waals surface area (Å²) >= 11 is 0. The fourth-order valence-corrected chi connectivity index (χ4v) is 3.93. The summed E-state index contributed by atoms with van der Waals surface area (Å²) in [5.41, 5.74) is 3.24. The number of rotatable bonds is 14. The van der Waals surface area contributed by atoms with Crippen LogP contribution < -0.4 is 15.4 Å². The van der Waals surface area contributed by atoms with Crippen molar-refractivity contribution in [2.45, 2.75) is 100 Å². The fraction of sp³-hybridized carbons (Fsp3) is 0.429. The van der Waals surface area contributed by atoms with E-state index in [1.54, 1.807) is 44.2 Å². The molecule has 0 bridgehead atoms. The molecule has 0 radical (unpaired) electrons. The number of allylic oxidation sites excluding steroid dienone is 3. The molecular formula is C35H50F2N2O4. The zero-order chi connectivity index (χ0) is 33.1. The fourth-order valence-electron chi connectivity index (χ4n) is 3.93. The molecule has 2 aromatic carbocycles. The molecular weight excluding hydrogens is 550 g/mol. The molecule has 0 fully saturated rings. The molecule has 0 saturated heterocycles. The molecule has 6 nitrogen and oxygen atoms in total. The molecule has 0 aromatic heterocycles. The lowest BCUT2D eigenvalue weighted by molar-refractivity contribution is -0.137. The number of carboxylic acids is 1. The quantitative estimate of drug-likeness (QED) is 0.149. The van der Waals surface area contributed by atoms with Crippen LogP contribution in [0.3, 0.4) is 0 Å². The number of benzene rings is 2. The average Bonchev–Trinajstić information content (AvgIpc) is 2.97. The molecule has 0 aliphatic rings. The normalized spacial score (nSPS) is 12.7. The van der Waals surface area contributed by atoms with Crippen molar-refractivity contribution >= 4 is 11.9 Å². The van der Waals surface area contributed by atoms with Gasteiger partial charge in [-0.15, -0.1) is 6.58 Å². The molecule has 1 amide bonds. The summed E-state index contributed by atoms with van der Waals surface area (Å²) in [5.74, 6) is -1.38. The third kappa shape index (κ3) is 14.2. The zero-order valence-electron chi connectivity index (χ0n) is 27.2. The SMILES string of the molecule is C=CC(CC)N/C(C(=O)NC(C)c1cc(F)cc(Oc2ccc(CCC(=O)O)c(C)c2)c1)=C(/C)C/C=C(\C)F.CC.CC. The summed E-state index contributed by atoms with van der Waals surface area (Å²) in [6.07, 6.45) is 4.50. The predicted molar refractivity (Wildman–Crippen MR) is 172 cm³/mol. The highest BCUT2D eigenvalue weighted by Gasteiger charge is 2.19. The first-order valence-corrected chi connectivity index (χ1v) is 14.9. The van der Waals surface area contributed by atoms with Crippen LogP contribution in [-0.4, -0.2) is 23.0 Å².